The van der Waals surface area contributed by atoms with E-state index in [9.17, 15) is 9.59 Å². The molecular weight excluding hydrogens is 268 g/mol. The number of hydrogen-bond acceptors (Lipinski definition) is 3. The highest BCUT2D eigenvalue weighted by molar-refractivity contribution is 5.99. The monoisotopic (exact) mass is 290 g/mol. The predicted octanol–water partition coefficient (Wildman–Crippen LogP) is 0.707. The summed E-state index contributed by atoms with van der Waals surface area (Å²) in [7, 11) is 0. The Morgan fingerprint density at radius 2 is 2.10 bits per heavy atom. The Balaban J connectivity index is 1.76. The molecule has 3 rings (SSSR count). The first-order valence-corrected chi connectivity index (χ1v) is 7.54. The van der Waals surface area contributed by atoms with Gasteiger partial charge in [-0.15, -0.1) is 0 Å². The number of aryl methyl sites for hydroxylation is 1. The van der Waals surface area contributed by atoms with Crippen LogP contribution < -0.4 is 5.32 Å². The van der Waals surface area contributed by atoms with Crippen molar-refractivity contribution in [2.24, 2.45) is 5.92 Å². The molecule has 0 aromatic carbocycles. The predicted molar refractivity (Wildman–Crippen MR) is 77.4 cm³/mol. The van der Waals surface area contributed by atoms with Crippen LogP contribution >= 0.6 is 0 Å². The number of nitrogens with one attached hydrogen (secondary N) is 1. The van der Waals surface area contributed by atoms with Crippen LogP contribution in [0.5, 0.6) is 0 Å². The summed E-state index contributed by atoms with van der Waals surface area (Å²) < 4.78 is 2.00. The van der Waals surface area contributed by atoms with Crippen molar-refractivity contribution < 1.29 is 9.59 Å². The highest BCUT2D eigenvalue weighted by Gasteiger charge is 2.54. The second-order valence-electron chi connectivity index (χ2n) is 6.31. The van der Waals surface area contributed by atoms with Crippen molar-refractivity contribution in [3.05, 3.63) is 18.2 Å². The molecule has 114 valence electrons. The van der Waals surface area contributed by atoms with Gasteiger partial charge in [-0.2, -0.15) is 0 Å². The lowest BCUT2D eigenvalue weighted by Gasteiger charge is -2.43. The van der Waals surface area contributed by atoms with E-state index in [2.05, 4.69) is 10.3 Å². The minimum Gasteiger partial charge on any atom is -0.340 e. The maximum Gasteiger partial charge on any atom is 0.249 e. The second-order valence-corrected chi connectivity index (χ2v) is 6.31. The van der Waals surface area contributed by atoms with Crippen LogP contribution in [0.15, 0.2) is 12.4 Å². The molecule has 2 atom stereocenters. The van der Waals surface area contributed by atoms with Gasteiger partial charge in [0.1, 0.15) is 17.4 Å². The molecule has 1 aliphatic heterocycles. The number of carbonyl (C=O) groups is 2. The molecule has 1 aromatic heterocycles. The van der Waals surface area contributed by atoms with E-state index in [4.69, 9.17) is 0 Å². The fraction of sp³-hybridized carbons (Fsp3) is 0.667. The Bertz CT molecular complexity index is 578. The molecule has 1 aliphatic carbocycles. The van der Waals surface area contributed by atoms with Gasteiger partial charge in [0, 0.05) is 25.5 Å². The number of piperazine rings is 1. The van der Waals surface area contributed by atoms with Crippen LogP contribution in [0, 0.1) is 12.8 Å². The largest absolute Gasteiger partial charge is 0.340 e. The lowest BCUT2D eigenvalue weighted by atomic mass is 9.89. The number of hydrogen-bond donors (Lipinski definition) is 1. The molecule has 6 nitrogen and oxygen atoms in total. The zero-order chi connectivity index (χ0) is 15.2. The van der Waals surface area contributed by atoms with Gasteiger partial charge >= 0.3 is 0 Å². The Kier molecular flexibility index (Phi) is 3.26. The van der Waals surface area contributed by atoms with Crippen LogP contribution in [0.3, 0.4) is 0 Å². The third-order valence-corrected chi connectivity index (χ3v) is 4.83. The molecule has 0 bridgehead atoms. The zero-order valence-electron chi connectivity index (χ0n) is 12.8. The third kappa shape index (κ3) is 2.32. The molecule has 2 aliphatic rings. The Morgan fingerprint density at radius 1 is 1.38 bits per heavy atom. The standard InChI is InChI=1S/C15H22N4O2/c1-10-13(20)17-15(3,12-4-5-12)14(21)19(10)9-8-18-7-6-16-11(18)2/h6-7,10,12H,4-5,8-9H2,1-3H3,(H,17,20). The fourth-order valence-electron chi connectivity index (χ4n) is 3.12. The smallest absolute Gasteiger partial charge is 0.249 e. The molecule has 1 saturated heterocycles. The van der Waals surface area contributed by atoms with E-state index in [-0.39, 0.29) is 11.8 Å². The lowest BCUT2D eigenvalue weighted by molar-refractivity contribution is -0.154. The van der Waals surface area contributed by atoms with Crippen LogP contribution in [0.25, 0.3) is 0 Å². The SMILES string of the molecule is Cc1nccn1CCN1C(=O)C(C)(C2CC2)NC(=O)C1C. The average Bonchev–Trinajstić information content (AvgIpc) is 3.22. The van der Waals surface area contributed by atoms with Gasteiger partial charge in [0.15, 0.2) is 0 Å². The van der Waals surface area contributed by atoms with E-state index in [1.54, 1.807) is 18.0 Å². The highest BCUT2D eigenvalue weighted by atomic mass is 16.2. The normalized spacial score (nSPS) is 29.7. The van der Waals surface area contributed by atoms with E-state index in [1.165, 1.54) is 0 Å². The molecule has 2 fully saturated rings. The fourth-order valence-corrected chi connectivity index (χ4v) is 3.12. The van der Waals surface area contributed by atoms with Crippen molar-refractivity contribution in [1.29, 1.82) is 0 Å². The number of amides is 2. The molecule has 6 heteroatoms. The van der Waals surface area contributed by atoms with Crippen LogP contribution in [0.2, 0.25) is 0 Å². The zero-order valence-corrected chi connectivity index (χ0v) is 12.8. The van der Waals surface area contributed by atoms with E-state index in [1.807, 2.05) is 24.6 Å². The molecule has 2 unspecified atom stereocenters. The van der Waals surface area contributed by atoms with Crippen molar-refractivity contribution in [2.75, 3.05) is 6.54 Å². The Morgan fingerprint density at radius 3 is 2.67 bits per heavy atom. The van der Waals surface area contributed by atoms with E-state index in [0.29, 0.717) is 19.0 Å². The topological polar surface area (TPSA) is 67.2 Å². The van der Waals surface area contributed by atoms with Gasteiger partial charge in [0.2, 0.25) is 11.8 Å². The van der Waals surface area contributed by atoms with Crippen LogP contribution in [0.4, 0.5) is 0 Å². The number of carbonyl (C=O) groups excluding carboxylic acids is 2. The average molecular weight is 290 g/mol. The van der Waals surface area contributed by atoms with Crippen molar-refractivity contribution >= 4 is 11.8 Å². The summed E-state index contributed by atoms with van der Waals surface area (Å²) in [5.41, 5.74) is -0.715. The molecule has 0 radical (unpaired) electrons. The summed E-state index contributed by atoms with van der Waals surface area (Å²) in [5, 5.41) is 2.94. The molecule has 2 heterocycles. The molecule has 21 heavy (non-hydrogen) atoms. The maximum atomic E-state index is 12.8. The van der Waals surface area contributed by atoms with Gasteiger partial charge in [0.25, 0.3) is 0 Å². The minimum absolute atomic E-state index is 0.0497. The summed E-state index contributed by atoms with van der Waals surface area (Å²) in [6.07, 6.45) is 5.68. The molecular formula is C15H22N4O2. The molecule has 0 spiro atoms. The molecule has 2 amide bonds. The maximum absolute atomic E-state index is 12.8. The number of aromatic nitrogens is 2. The number of rotatable bonds is 4. The van der Waals surface area contributed by atoms with Gasteiger partial charge in [-0.25, -0.2) is 4.98 Å². The van der Waals surface area contributed by atoms with Gasteiger partial charge in [-0.1, -0.05) is 0 Å². The van der Waals surface area contributed by atoms with E-state index < -0.39 is 11.6 Å². The van der Waals surface area contributed by atoms with Crippen LogP contribution in [0.1, 0.15) is 32.5 Å². The van der Waals surface area contributed by atoms with E-state index >= 15 is 0 Å². The summed E-state index contributed by atoms with van der Waals surface area (Å²) >= 11 is 0. The van der Waals surface area contributed by atoms with Gasteiger partial charge in [-0.05, 0) is 39.5 Å². The summed E-state index contributed by atoms with van der Waals surface area (Å²) in [6.45, 7) is 6.79. The first-order chi connectivity index (χ1) is 9.93. The highest BCUT2D eigenvalue weighted by Crippen LogP contribution is 2.42. The Labute approximate surface area is 124 Å². The minimum atomic E-state index is -0.715. The van der Waals surface area contributed by atoms with E-state index in [0.717, 1.165) is 18.7 Å². The van der Waals surface area contributed by atoms with Crippen molar-refractivity contribution in [3.63, 3.8) is 0 Å². The lowest BCUT2D eigenvalue weighted by Crippen LogP contribution is -2.69. The van der Waals surface area contributed by atoms with Gasteiger partial charge < -0.3 is 14.8 Å². The molecule has 1 N–H and O–H groups in total. The summed E-state index contributed by atoms with van der Waals surface area (Å²) in [4.78, 5) is 30.9. The Hall–Kier alpha value is -1.85. The van der Waals surface area contributed by atoms with Crippen molar-refractivity contribution in [1.82, 2.24) is 19.8 Å². The quantitative estimate of drug-likeness (QED) is 0.888. The van der Waals surface area contributed by atoms with Crippen LogP contribution in [-0.2, 0) is 16.1 Å². The molecule has 1 saturated carbocycles. The van der Waals surface area contributed by atoms with Gasteiger partial charge in [-0.3, -0.25) is 9.59 Å². The second kappa shape index (κ2) is 4.86. The number of imidazole rings is 1. The third-order valence-electron chi connectivity index (χ3n) is 4.83. The summed E-state index contributed by atoms with van der Waals surface area (Å²) in [5.74, 6) is 1.21. The molecule has 1 aromatic rings. The van der Waals surface area contributed by atoms with Crippen molar-refractivity contribution in [3.8, 4) is 0 Å². The van der Waals surface area contributed by atoms with Crippen LogP contribution in [-0.4, -0.2) is 44.4 Å². The van der Waals surface area contributed by atoms with Crippen molar-refractivity contribution in [2.45, 2.75) is 51.7 Å². The first-order valence-electron chi connectivity index (χ1n) is 7.54. The number of nitrogens with zero attached hydrogens (tertiary/aromatic N) is 3. The van der Waals surface area contributed by atoms with Gasteiger partial charge in [0.05, 0.1) is 0 Å². The first kappa shape index (κ1) is 14.1. The summed E-state index contributed by atoms with van der Waals surface area (Å²) in [6, 6.07) is -0.409.